The van der Waals surface area contributed by atoms with Crippen molar-refractivity contribution in [3.63, 3.8) is 0 Å². The van der Waals surface area contributed by atoms with Gasteiger partial charge in [0, 0.05) is 23.2 Å². The minimum atomic E-state index is -0.825. The summed E-state index contributed by atoms with van der Waals surface area (Å²) in [6.07, 6.45) is -0.825. The molecule has 2 rings (SSSR count). The zero-order chi connectivity index (χ0) is 14.0. The number of aliphatic hydroxyl groups excluding tert-OH is 1. The first-order chi connectivity index (χ1) is 9.02. The Balaban J connectivity index is 2.39. The lowest BCUT2D eigenvalue weighted by Gasteiger charge is -2.29. The van der Waals surface area contributed by atoms with Gasteiger partial charge in [-0.15, -0.1) is 11.3 Å². The van der Waals surface area contributed by atoms with Crippen molar-refractivity contribution in [2.45, 2.75) is 26.0 Å². The van der Waals surface area contributed by atoms with Crippen molar-refractivity contribution in [3.8, 4) is 0 Å². The van der Waals surface area contributed by atoms with Gasteiger partial charge in [0.2, 0.25) is 0 Å². The van der Waals surface area contributed by atoms with Crippen LogP contribution in [0.3, 0.4) is 0 Å². The number of hydrogen-bond donors (Lipinski definition) is 1. The smallest absolute Gasteiger partial charge is 0.131 e. The molecule has 0 bridgehead atoms. The molecule has 1 N–H and O–H groups in total. The van der Waals surface area contributed by atoms with Crippen molar-refractivity contribution in [3.05, 3.63) is 52.0 Å². The van der Waals surface area contributed by atoms with Crippen LogP contribution in [-0.2, 0) is 0 Å². The molecule has 2 unspecified atom stereocenters. The van der Waals surface area contributed by atoms with E-state index in [-0.39, 0.29) is 11.9 Å². The van der Waals surface area contributed by atoms with Gasteiger partial charge in [-0.2, -0.15) is 0 Å². The van der Waals surface area contributed by atoms with Gasteiger partial charge in [0.15, 0.2) is 0 Å². The number of rotatable bonds is 4. The summed E-state index contributed by atoms with van der Waals surface area (Å²) in [7, 11) is 1.92. The van der Waals surface area contributed by atoms with Crippen molar-refractivity contribution < 1.29 is 9.50 Å². The summed E-state index contributed by atoms with van der Waals surface area (Å²) in [5, 5.41) is 11.8. The SMILES string of the molecule is CC(O)c1c(F)cccc1N(C)C(C)c1cccs1. The highest BCUT2D eigenvalue weighted by Gasteiger charge is 2.20. The summed E-state index contributed by atoms with van der Waals surface area (Å²) in [5.74, 6) is -0.363. The quantitative estimate of drug-likeness (QED) is 0.909. The summed E-state index contributed by atoms with van der Waals surface area (Å²) in [5.41, 5.74) is 1.09. The van der Waals surface area contributed by atoms with Crippen LogP contribution in [0.2, 0.25) is 0 Å². The van der Waals surface area contributed by atoms with E-state index in [1.807, 2.05) is 29.5 Å². The van der Waals surface area contributed by atoms with Crippen molar-refractivity contribution in [2.75, 3.05) is 11.9 Å². The van der Waals surface area contributed by atoms with Gasteiger partial charge >= 0.3 is 0 Å². The molecule has 1 aromatic carbocycles. The molecule has 1 aromatic heterocycles. The van der Waals surface area contributed by atoms with Gasteiger partial charge in [0.1, 0.15) is 5.82 Å². The summed E-state index contributed by atoms with van der Waals surface area (Å²) < 4.78 is 13.9. The highest BCUT2D eigenvalue weighted by Crippen LogP contribution is 2.34. The number of benzene rings is 1. The van der Waals surface area contributed by atoms with E-state index in [2.05, 4.69) is 13.0 Å². The molecule has 1 heterocycles. The Bertz CT molecular complexity index is 539. The monoisotopic (exact) mass is 279 g/mol. The highest BCUT2D eigenvalue weighted by atomic mass is 32.1. The molecule has 2 atom stereocenters. The van der Waals surface area contributed by atoms with Crippen molar-refractivity contribution in [2.24, 2.45) is 0 Å². The molecule has 0 aliphatic carbocycles. The Kier molecular flexibility index (Phi) is 4.22. The van der Waals surface area contributed by atoms with Crippen LogP contribution in [-0.4, -0.2) is 12.2 Å². The molecule has 0 fully saturated rings. The van der Waals surface area contributed by atoms with Crippen LogP contribution in [0.4, 0.5) is 10.1 Å². The van der Waals surface area contributed by atoms with Crippen LogP contribution in [0.25, 0.3) is 0 Å². The van der Waals surface area contributed by atoms with Crippen molar-refractivity contribution >= 4 is 17.0 Å². The molecule has 0 aliphatic heterocycles. The van der Waals surface area contributed by atoms with E-state index < -0.39 is 6.10 Å². The molecule has 102 valence electrons. The minimum Gasteiger partial charge on any atom is -0.389 e. The number of thiophene rings is 1. The fourth-order valence-corrected chi connectivity index (χ4v) is 3.00. The summed E-state index contributed by atoms with van der Waals surface area (Å²) >= 11 is 1.67. The van der Waals surface area contributed by atoms with E-state index in [9.17, 15) is 9.50 Å². The standard InChI is InChI=1S/C15H18FNOS/c1-10(14-8-5-9-19-14)17(3)13-7-4-6-12(16)15(13)11(2)18/h4-11,18H,1-3H3. The summed E-state index contributed by atoms with van der Waals surface area (Å²) in [6.45, 7) is 3.66. The number of nitrogens with zero attached hydrogens (tertiary/aromatic N) is 1. The fraction of sp³-hybridized carbons (Fsp3) is 0.333. The van der Waals surface area contributed by atoms with Crippen LogP contribution in [0.1, 0.15) is 36.4 Å². The fourth-order valence-electron chi connectivity index (χ4n) is 2.18. The molecular weight excluding hydrogens is 261 g/mol. The number of aliphatic hydroxyl groups is 1. The van der Waals surface area contributed by atoms with Gasteiger partial charge in [0.05, 0.1) is 12.1 Å². The van der Waals surface area contributed by atoms with Crippen LogP contribution < -0.4 is 4.90 Å². The third-order valence-corrected chi connectivity index (χ3v) is 4.41. The van der Waals surface area contributed by atoms with E-state index in [1.54, 1.807) is 24.3 Å². The molecule has 0 saturated carbocycles. The maximum Gasteiger partial charge on any atom is 0.131 e. The molecule has 0 saturated heterocycles. The maximum atomic E-state index is 13.9. The molecular formula is C15H18FNOS. The van der Waals surface area contributed by atoms with Gasteiger partial charge in [-0.25, -0.2) is 4.39 Å². The molecule has 2 nitrogen and oxygen atoms in total. The van der Waals surface area contributed by atoms with E-state index in [1.165, 1.54) is 10.9 Å². The van der Waals surface area contributed by atoms with Gasteiger partial charge < -0.3 is 10.0 Å². The normalized spacial score (nSPS) is 14.2. The Labute approximate surface area is 117 Å². The van der Waals surface area contributed by atoms with Crippen LogP contribution >= 0.6 is 11.3 Å². The third kappa shape index (κ3) is 2.80. The van der Waals surface area contributed by atoms with Crippen LogP contribution in [0.5, 0.6) is 0 Å². The lowest BCUT2D eigenvalue weighted by atomic mass is 10.1. The molecule has 19 heavy (non-hydrogen) atoms. The van der Waals surface area contributed by atoms with E-state index in [0.29, 0.717) is 5.56 Å². The first-order valence-electron chi connectivity index (χ1n) is 6.25. The third-order valence-electron chi connectivity index (χ3n) is 3.36. The highest BCUT2D eigenvalue weighted by molar-refractivity contribution is 7.10. The predicted octanol–water partition coefficient (Wildman–Crippen LogP) is 4.14. The first-order valence-corrected chi connectivity index (χ1v) is 7.13. The first kappa shape index (κ1) is 14.0. The Morgan fingerprint density at radius 2 is 1.95 bits per heavy atom. The van der Waals surface area contributed by atoms with Gasteiger partial charge in [-0.1, -0.05) is 12.1 Å². The van der Waals surface area contributed by atoms with E-state index in [4.69, 9.17) is 0 Å². The average molecular weight is 279 g/mol. The second-order valence-corrected chi connectivity index (χ2v) is 5.63. The predicted molar refractivity (Wildman–Crippen MR) is 78.2 cm³/mol. The second-order valence-electron chi connectivity index (χ2n) is 4.65. The van der Waals surface area contributed by atoms with Crippen LogP contribution in [0.15, 0.2) is 35.7 Å². The molecule has 0 amide bonds. The van der Waals surface area contributed by atoms with Crippen molar-refractivity contribution in [1.82, 2.24) is 0 Å². The number of anilines is 1. The Morgan fingerprint density at radius 1 is 1.21 bits per heavy atom. The van der Waals surface area contributed by atoms with E-state index in [0.717, 1.165) is 5.69 Å². The Morgan fingerprint density at radius 3 is 2.53 bits per heavy atom. The van der Waals surface area contributed by atoms with Gasteiger partial charge in [-0.05, 0) is 37.4 Å². The van der Waals surface area contributed by atoms with Crippen molar-refractivity contribution in [1.29, 1.82) is 0 Å². The summed E-state index contributed by atoms with van der Waals surface area (Å²) in [4.78, 5) is 3.21. The second kappa shape index (κ2) is 5.72. The molecule has 4 heteroatoms. The molecule has 0 aliphatic rings. The lowest BCUT2D eigenvalue weighted by molar-refractivity contribution is 0.194. The molecule has 0 spiro atoms. The van der Waals surface area contributed by atoms with Gasteiger partial charge in [0.25, 0.3) is 0 Å². The zero-order valence-corrected chi connectivity index (χ0v) is 12.1. The zero-order valence-electron chi connectivity index (χ0n) is 11.3. The number of halogens is 1. The lowest BCUT2D eigenvalue weighted by Crippen LogP contribution is -2.23. The maximum absolute atomic E-state index is 13.9. The van der Waals surface area contributed by atoms with E-state index >= 15 is 0 Å². The summed E-state index contributed by atoms with van der Waals surface area (Å²) in [6, 6.07) is 9.11. The van der Waals surface area contributed by atoms with Gasteiger partial charge in [-0.3, -0.25) is 0 Å². The Hall–Kier alpha value is -1.39. The largest absolute Gasteiger partial charge is 0.389 e. The molecule has 2 aromatic rings. The minimum absolute atomic E-state index is 0.138. The van der Waals surface area contributed by atoms with Crippen LogP contribution in [0, 0.1) is 5.82 Å². The topological polar surface area (TPSA) is 23.5 Å². The average Bonchev–Trinajstić information content (AvgIpc) is 2.90. The number of hydrogen-bond acceptors (Lipinski definition) is 3. The molecule has 0 radical (unpaired) electrons.